The predicted octanol–water partition coefficient (Wildman–Crippen LogP) is 2.09. The Morgan fingerprint density at radius 3 is 2.88 bits per heavy atom. The SMILES string of the molecule is CCCCC(C(=O)OC)C(O)c1cccnc1. The van der Waals surface area contributed by atoms with Crippen molar-refractivity contribution in [3.8, 4) is 0 Å². The van der Waals surface area contributed by atoms with Crippen molar-refractivity contribution in [2.24, 2.45) is 5.92 Å². The molecule has 0 radical (unpaired) electrons. The van der Waals surface area contributed by atoms with Gasteiger partial charge in [0.15, 0.2) is 0 Å². The zero-order chi connectivity index (χ0) is 12.7. The monoisotopic (exact) mass is 237 g/mol. The summed E-state index contributed by atoms with van der Waals surface area (Å²) in [5.74, 6) is -0.876. The van der Waals surface area contributed by atoms with Crippen LogP contribution >= 0.6 is 0 Å². The third-order valence-electron chi connectivity index (χ3n) is 2.78. The first-order valence-electron chi connectivity index (χ1n) is 5.86. The number of aliphatic hydroxyl groups excluding tert-OH is 1. The van der Waals surface area contributed by atoms with Gasteiger partial charge in [0.25, 0.3) is 0 Å². The molecule has 0 aliphatic carbocycles. The summed E-state index contributed by atoms with van der Waals surface area (Å²) in [5, 5.41) is 10.2. The van der Waals surface area contributed by atoms with Crippen LogP contribution in [0.1, 0.15) is 37.9 Å². The number of carbonyl (C=O) groups excluding carboxylic acids is 1. The molecule has 0 aliphatic heterocycles. The summed E-state index contributed by atoms with van der Waals surface area (Å²) in [7, 11) is 1.34. The van der Waals surface area contributed by atoms with Crippen LogP contribution in [0.4, 0.5) is 0 Å². The second-order valence-electron chi connectivity index (χ2n) is 4.00. The van der Waals surface area contributed by atoms with Gasteiger partial charge in [0.1, 0.15) is 0 Å². The highest BCUT2D eigenvalue weighted by atomic mass is 16.5. The lowest BCUT2D eigenvalue weighted by atomic mass is 9.92. The van der Waals surface area contributed by atoms with E-state index >= 15 is 0 Å². The lowest BCUT2D eigenvalue weighted by molar-refractivity contribution is -0.150. The van der Waals surface area contributed by atoms with Gasteiger partial charge in [0, 0.05) is 12.4 Å². The van der Waals surface area contributed by atoms with Crippen molar-refractivity contribution in [3.05, 3.63) is 30.1 Å². The van der Waals surface area contributed by atoms with Gasteiger partial charge < -0.3 is 9.84 Å². The lowest BCUT2D eigenvalue weighted by Crippen LogP contribution is -2.23. The Bertz CT molecular complexity index is 340. The van der Waals surface area contributed by atoms with Crippen LogP contribution in [0.5, 0.6) is 0 Å². The average molecular weight is 237 g/mol. The Morgan fingerprint density at radius 2 is 2.35 bits per heavy atom. The minimum atomic E-state index is -0.845. The number of nitrogens with zero attached hydrogens (tertiary/aromatic N) is 1. The number of rotatable bonds is 6. The number of ether oxygens (including phenoxy) is 1. The molecular formula is C13H19NO3. The standard InChI is InChI=1S/C13H19NO3/c1-3-4-7-11(13(16)17-2)12(15)10-6-5-8-14-9-10/h5-6,8-9,11-12,15H,3-4,7H2,1-2H3. The third kappa shape index (κ3) is 3.82. The zero-order valence-electron chi connectivity index (χ0n) is 10.3. The van der Waals surface area contributed by atoms with Gasteiger partial charge in [-0.1, -0.05) is 25.8 Å². The molecule has 1 aromatic rings. The van der Waals surface area contributed by atoms with E-state index in [0.717, 1.165) is 12.8 Å². The molecule has 0 aliphatic rings. The Balaban J connectivity index is 2.78. The molecule has 1 aromatic heterocycles. The van der Waals surface area contributed by atoms with Gasteiger partial charge in [-0.05, 0) is 18.1 Å². The van der Waals surface area contributed by atoms with Crippen molar-refractivity contribution in [1.82, 2.24) is 4.98 Å². The van der Waals surface area contributed by atoms with Gasteiger partial charge in [-0.2, -0.15) is 0 Å². The molecule has 0 saturated heterocycles. The van der Waals surface area contributed by atoms with Crippen molar-refractivity contribution in [2.45, 2.75) is 32.3 Å². The van der Waals surface area contributed by atoms with Gasteiger partial charge in [-0.25, -0.2) is 0 Å². The van der Waals surface area contributed by atoms with Crippen molar-refractivity contribution >= 4 is 5.97 Å². The van der Waals surface area contributed by atoms with Crippen LogP contribution in [0.15, 0.2) is 24.5 Å². The van der Waals surface area contributed by atoms with Crippen molar-refractivity contribution in [2.75, 3.05) is 7.11 Å². The quantitative estimate of drug-likeness (QED) is 0.770. The van der Waals surface area contributed by atoms with Crippen LogP contribution in [-0.4, -0.2) is 23.2 Å². The lowest BCUT2D eigenvalue weighted by Gasteiger charge is -2.20. The molecule has 0 aromatic carbocycles. The number of hydrogen-bond acceptors (Lipinski definition) is 4. The molecule has 0 amide bonds. The molecule has 0 spiro atoms. The molecule has 1 heterocycles. The van der Waals surface area contributed by atoms with Crippen LogP contribution in [-0.2, 0) is 9.53 Å². The van der Waals surface area contributed by atoms with Gasteiger partial charge in [-0.15, -0.1) is 0 Å². The molecule has 4 heteroatoms. The van der Waals surface area contributed by atoms with E-state index in [4.69, 9.17) is 4.74 Å². The van der Waals surface area contributed by atoms with Gasteiger partial charge in [0.2, 0.25) is 0 Å². The first-order chi connectivity index (χ1) is 8.20. The summed E-state index contributed by atoms with van der Waals surface area (Å²) in [4.78, 5) is 15.6. The summed E-state index contributed by atoms with van der Waals surface area (Å²) < 4.78 is 4.73. The van der Waals surface area contributed by atoms with Crippen LogP contribution < -0.4 is 0 Å². The normalized spacial score (nSPS) is 14.1. The third-order valence-corrected chi connectivity index (χ3v) is 2.78. The smallest absolute Gasteiger partial charge is 0.311 e. The van der Waals surface area contributed by atoms with E-state index in [1.165, 1.54) is 7.11 Å². The van der Waals surface area contributed by atoms with Crippen molar-refractivity contribution in [3.63, 3.8) is 0 Å². The minimum absolute atomic E-state index is 0.366. The Labute approximate surface area is 102 Å². The zero-order valence-corrected chi connectivity index (χ0v) is 10.3. The summed E-state index contributed by atoms with van der Waals surface area (Å²) in [6, 6.07) is 3.51. The summed E-state index contributed by atoms with van der Waals surface area (Å²) >= 11 is 0. The highest BCUT2D eigenvalue weighted by Gasteiger charge is 2.28. The van der Waals surface area contributed by atoms with E-state index < -0.39 is 12.0 Å². The number of unbranched alkanes of at least 4 members (excludes halogenated alkanes) is 1. The summed E-state index contributed by atoms with van der Waals surface area (Å²) in [6.07, 6.45) is 4.86. The fraction of sp³-hybridized carbons (Fsp3) is 0.538. The average Bonchev–Trinajstić information content (AvgIpc) is 2.39. The fourth-order valence-corrected chi connectivity index (χ4v) is 1.76. The van der Waals surface area contributed by atoms with E-state index in [1.54, 1.807) is 24.5 Å². The fourth-order valence-electron chi connectivity index (χ4n) is 1.76. The molecule has 0 fully saturated rings. The minimum Gasteiger partial charge on any atom is -0.469 e. The molecule has 2 atom stereocenters. The van der Waals surface area contributed by atoms with Crippen LogP contribution in [0.25, 0.3) is 0 Å². The number of aliphatic hydroxyl groups is 1. The highest BCUT2D eigenvalue weighted by molar-refractivity contribution is 5.73. The molecular weight excluding hydrogens is 218 g/mol. The molecule has 2 unspecified atom stereocenters. The number of carbonyl (C=O) groups is 1. The molecule has 0 bridgehead atoms. The van der Waals surface area contributed by atoms with Crippen LogP contribution in [0, 0.1) is 5.92 Å². The van der Waals surface area contributed by atoms with E-state index in [0.29, 0.717) is 12.0 Å². The van der Waals surface area contributed by atoms with Gasteiger partial charge >= 0.3 is 5.97 Å². The van der Waals surface area contributed by atoms with E-state index in [2.05, 4.69) is 4.98 Å². The molecule has 1 rings (SSSR count). The second kappa shape index (κ2) is 7.01. The van der Waals surface area contributed by atoms with E-state index in [1.807, 2.05) is 6.92 Å². The first-order valence-corrected chi connectivity index (χ1v) is 5.86. The van der Waals surface area contributed by atoms with E-state index in [9.17, 15) is 9.90 Å². The van der Waals surface area contributed by atoms with E-state index in [-0.39, 0.29) is 5.97 Å². The number of pyridine rings is 1. The van der Waals surface area contributed by atoms with Gasteiger partial charge in [-0.3, -0.25) is 9.78 Å². The predicted molar refractivity (Wildman–Crippen MR) is 64.2 cm³/mol. The number of aromatic nitrogens is 1. The molecule has 17 heavy (non-hydrogen) atoms. The molecule has 1 N–H and O–H groups in total. The second-order valence-corrected chi connectivity index (χ2v) is 4.00. The largest absolute Gasteiger partial charge is 0.469 e. The highest BCUT2D eigenvalue weighted by Crippen LogP contribution is 2.26. The van der Waals surface area contributed by atoms with Gasteiger partial charge in [0.05, 0.1) is 19.1 Å². The Morgan fingerprint density at radius 1 is 1.59 bits per heavy atom. The molecule has 0 saturated carbocycles. The number of hydrogen-bond donors (Lipinski definition) is 1. The molecule has 94 valence electrons. The topological polar surface area (TPSA) is 59.4 Å². The maximum atomic E-state index is 11.6. The first kappa shape index (κ1) is 13.6. The maximum absolute atomic E-state index is 11.6. The number of esters is 1. The Kier molecular flexibility index (Phi) is 5.63. The van der Waals surface area contributed by atoms with Crippen LogP contribution in [0.3, 0.4) is 0 Å². The summed E-state index contributed by atoms with van der Waals surface area (Å²) in [6.45, 7) is 2.05. The Hall–Kier alpha value is -1.42. The van der Waals surface area contributed by atoms with Crippen molar-refractivity contribution in [1.29, 1.82) is 0 Å². The summed E-state index contributed by atoms with van der Waals surface area (Å²) in [5.41, 5.74) is 0.652. The molecule has 4 nitrogen and oxygen atoms in total. The number of methoxy groups -OCH3 is 1. The van der Waals surface area contributed by atoms with Crippen molar-refractivity contribution < 1.29 is 14.6 Å². The van der Waals surface area contributed by atoms with Crippen LogP contribution in [0.2, 0.25) is 0 Å². The maximum Gasteiger partial charge on any atom is 0.311 e.